The summed E-state index contributed by atoms with van der Waals surface area (Å²) >= 11 is 0. The van der Waals surface area contributed by atoms with Crippen LogP contribution >= 0.6 is 0 Å². The highest BCUT2D eigenvalue weighted by Gasteiger charge is 2.41. The van der Waals surface area contributed by atoms with Gasteiger partial charge in [-0.2, -0.15) is 0 Å². The highest BCUT2D eigenvalue weighted by Crippen LogP contribution is 2.50. The van der Waals surface area contributed by atoms with Gasteiger partial charge in [-0.25, -0.2) is 9.59 Å². The van der Waals surface area contributed by atoms with Crippen LogP contribution < -0.4 is 14.2 Å². The molecule has 176 valence electrons. The van der Waals surface area contributed by atoms with Crippen molar-refractivity contribution >= 4 is 11.9 Å². The Kier molecular flexibility index (Phi) is 5.36. The predicted octanol–water partition coefficient (Wildman–Crippen LogP) is 2.09. The van der Waals surface area contributed by atoms with Crippen LogP contribution in [-0.2, 0) is 9.47 Å². The number of hydrogen-bond acceptors (Lipinski definition) is 11. The van der Waals surface area contributed by atoms with Crippen LogP contribution in [0.1, 0.15) is 57.9 Å². The Labute approximate surface area is 187 Å². The second-order valence-corrected chi connectivity index (χ2v) is 7.67. The Morgan fingerprint density at radius 2 is 1.36 bits per heavy atom. The smallest absolute Gasteiger partial charge is 0.342 e. The van der Waals surface area contributed by atoms with Crippen LogP contribution in [0.15, 0.2) is 12.1 Å². The molecule has 33 heavy (non-hydrogen) atoms. The van der Waals surface area contributed by atoms with E-state index in [1.807, 2.05) is 0 Å². The fraction of sp³-hybridized carbons (Fsp3) is 0.364. The third-order valence-electron chi connectivity index (χ3n) is 5.67. The third-order valence-corrected chi connectivity index (χ3v) is 5.67. The minimum Gasteiger partial charge on any atom is -0.504 e. The van der Waals surface area contributed by atoms with Crippen molar-refractivity contribution in [3.05, 3.63) is 34.4 Å². The number of aliphatic hydroxyl groups excluding tert-OH is 1. The molecule has 0 radical (unpaired) electrons. The van der Waals surface area contributed by atoms with E-state index >= 15 is 0 Å². The molecule has 11 heteroatoms. The molecule has 0 aromatic heterocycles. The number of carbonyl (C=O) groups excluding carboxylic acids is 2. The molecule has 0 fully saturated rings. The van der Waals surface area contributed by atoms with E-state index in [0.717, 1.165) is 0 Å². The van der Waals surface area contributed by atoms with E-state index in [-0.39, 0.29) is 39.5 Å². The van der Waals surface area contributed by atoms with E-state index in [2.05, 4.69) is 0 Å². The minimum absolute atomic E-state index is 0.0631. The number of benzene rings is 2. The molecule has 11 nitrogen and oxygen atoms in total. The van der Waals surface area contributed by atoms with E-state index in [4.69, 9.17) is 23.7 Å². The topological polar surface area (TPSA) is 161 Å². The molecular formula is C22H22O11. The second-order valence-electron chi connectivity index (χ2n) is 7.67. The summed E-state index contributed by atoms with van der Waals surface area (Å²) < 4.78 is 26.6. The third kappa shape index (κ3) is 3.32. The van der Waals surface area contributed by atoms with E-state index in [1.165, 1.54) is 40.2 Å². The molecule has 0 spiro atoms. The lowest BCUT2D eigenvalue weighted by molar-refractivity contribution is -0.0231. The fourth-order valence-corrected chi connectivity index (χ4v) is 4.06. The molecule has 4 rings (SSSR count). The zero-order chi connectivity index (χ0) is 24.2. The number of aliphatic hydroxyl groups is 1. The fourth-order valence-electron chi connectivity index (χ4n) is 4.06. The molecule has 4 N–H and O–H groups in total. The number of cyclic esters (lactones) is 2. The zero-order valence-electron chi connectivity index (χ0n) is 18.1. The number of rotatable bonds is 4. The van der Waals surface area contributed by atoms with Gasteiger partial charge in [0, 0.05) is 11.1 Å². The Morgan fingerprint density at radius 1 is 0.818 bits per heavy atom. The molecule has 0 amide bonds. The normalized spacial score (nSPS) is 23.7. The highest BCUT2D eigenvalue weighted by molar-refractivity contribution is 5.98. The summed E-state index contributed by atoms with van der Waals surface area (Å²) in [6.45, 7) is 3.02. The van der Waals surface area contributed by atoms with Gasteiger partial charge in [-0.05, 0) is 26.0 Å². The average Bonchev–Trinajstić information content (AvgIpc) is 2.74. The number of esters is 2. The van der Waals surface area contributed by atoms with Gasteiger partial charge in [-0.15, -0.1) is 0 Å². The van der Waals surface area contributed by atoms with E-state index in [1.54, 1.807) is 0 Å². The molecule has 0 unspecified atom stereocenters. The van der Waals surface area contributed by atoms with Crippen LogP contribution in [0.2, 0.25) is 0 Å². The van der Waals surface area contributed by atoms with Crippen LogP contribution in [0.3, 0.4) is 0 Å². The molecule has 0 aliphatic carbocycles. The van der Waals surface area contributed by atoms with Crippen LogP contribution in [0.4, 0.5) is 0 Å². The first-order valence-electron chi connectivity index (χ1n) is 9.93. The molecule has 0 saturated heterocycles. The standard InChI is InChI=1S/C22H22O11/c1-7-15(24)9-6-12(20(30-4)17(26)13(9)21(27)31-7)33-18-8(2)32-22(28)14-10(18)5-11(23)19(29-3)16(14)25/h5-8,15,18,23-26H,1-4H3/t7-,8+,15+,18-/m0/s1. The summed E-state index contributed by atoms with van der Waals surface area (Å²) in [6.07, 6.45) is -4.09. The van der Waals surface area contributed by atoms with Gasteiger partial charge >= 0.3 is 11.9 Å². The molecule has 2 aromatic carbocycles. The SMILES string of the molecule is COc1c(O)cc2c(c1O)C(=O)O[C@H](C)[C@@H]2Oc1cc2c(c(O)c1OC)C(=O)O[C@@H](C)[C@H]2O. The van der Waals surface area contributed by atoms with Crippen molar-refractivity contribution < 1.29 is 53.7 Å². The van der Waals surface area contributed by atoms with Crippen LogP contribution in [0.25, 0.3) is 0 Å². The first kappa shape index (κ1) is 22.3. The van der Waals surface area contributed by atoms with Crippen molar-refractivity contribution in [1.29, 1.82) is 0 Å². The number of phenolic OH excluding ortho intramolecular Hbond substituents is 3. The summed E-state index contributed by atoms with van der Waals surface area (Å²) in [7, 11) is 2.45. The summed E-state index contributed by atoms with van der Waals surface area (Å²) in [6, 6.07) is 2.52. The number of methoxy groups -OCH3 is 2. The molecule has 2 aliphatic heterocycles. The number of phenols is 3. The van der Waals surface area contributed by atoms with Gasteiger partial charge in [0.15, 0.2) is 29.1 Å². The monoisotopic (exact) mass is 462 g/mol. The van der Waals surface area contributed by atoms with Gasteiger partial charge in [-0.3, -0.25) is 0 Å². The van der Waals surface area contributed by atoms with Gasteiger partial charge in [0.1, 0.15) is 29.4 Å². The first-order valence-corrected chi connectivity index (χ1v) is 9.93. The van der Waals surface area contributed by atoms with Crippen LogP contribution in [0.5, 0.6) is 34.5 Å². The summed E-state index contributed by atoms with van der Waals surface area (Å²) in [5.74, 6) is -3.94. The maximum atomic E-state index is 12.5. The molecule has 2 aromatic rings. The molecule has 0 saturated carbocycles. The van der Waals surface area contributed by atoms with Gasteiger partial charge in [-0.1, -0.05) is 0 Å². The van der Waals surface area contributed by atoms with Crippen molar-refractivity contribution in [2.75, 3.05) is 14.2 Å². The Morgan fingerprint density at radius 3 is 1.97 bits per heavy atom. The zero-order valence-corrected chi connectivity index (χ0v) is 18.1. The first-order chi connectivity index (χ1) is 15.6. The number of ether oxygens (including phenoxy) is 5. The second kappa shape index (κ2) is 7.93. The van der Waals surface area contributed by atoms with Gasteiger partial charge in [0.2, 0.25) is 11.5 Å². The van der Waals surface area contributed by atoms with Crippen molar-refractivity contribution in [3.8, 4) is 34.5 Å². The Balaban J connectivity index is 1.87. The Hall–Kier alpha value is -3.86. The van der Waals surface area contributed by atoms with E-state index in [0.29, 0.717) is 0 Å². The summed E-state index contributed by atoms with van der Waals surface area (Å²) in [4.78, 5) is 24.8. The van der Waals surface area contributed by atoms with Gasteiger partial charge in [0.25, 0.3) is 0 Å². The summed E-state index contributed by atoms with van der Waals surface area (Å²) in [5, 5.41) is 41.9. The van der Waals surface area contributed by atoms with Crippen molar-refractivity contribution in [2.45, 2.75) is 38.3 Å². The van der Waals surface area contributed by atoms with Crippen LogP contribution in [0, 0.1) is 0 Å². The van der Waals surface area contributed by atoms with E-state index < -0.39 is 53.6 Å². The number of hydrogen-bond donors (Lipinski definition) is 4. The number of fused-ring (bicyclic) bond motifs is 2. The lowest BCUT2D eigenvalue weighted by Crippen LogP contribution is -2.34. The number of aromatic hydroxyl groups is 3. The van der Waals surface area contributed by atoms with Gasteiger partial charge < -0.3 is 44.1 Å². The predicted molar refractivity (Wildman–Crippen MR) is 109 cm³/mol. The lowest BCUT2D eigenvalue weighted by Gasteiger charge is -2.33. The van der Waals surface area contributed by atoms with Crippen molar-refractivity contribution in [3.63, 3.8) is 0 Å². The van der Waals surface area contributed by atoms with Crippen molar-refractivity contribution in [2.24, 2.45) is 0 Å². The average molecular weight is 462 g/mol. The lowest BCUT2D eigenvalue weighted by atomic mass is 9.93. The van der Waals surface area contributed by atoms with Gasteiger partial charge in [0.05, 0.1) is 14.2 Å². The molecule has 0 bridgehead atoms. The molecule has 2 heterocycles. The molecular weight excluding hydrogens is 440 g/mol. The van der Waals surface area contributed by atoms with Crippen molar-refractivity contribution in [1.82, 2.24) is 0 Å². The number of carbonyl (C=O) groups is 2. The summed E-state index contributed by atoms with van der Waals surface area (Å²) in [5.41, 5.74) is -0.352. The quantitative estimate of drug-likeness (QED) is 0.492. The maximum Gasteiger partial charge on any atom is 0.342 e. The largest absolute Gasteiger partial charge is 0.504 e. The molecule has 4 atom stereocenters. The van der Waals surface area contributed by atoms with Crippen LogP contribution in [-0.4, -0.2) is 58.8 Å². The maximum absolute atomic E-state index is 12.5. The van der Waals surface area contributed by atoms with E-state index in [9.17, 15) is 30.0 Å². The molecule has 2 aliphatic rings. The highest BCUT2D eigenvalue weighted by atomic mass is 16.6. The Bertz CT molecular complexity index is 1160. The minimum atomic E-state index is -1.25.